The number of aromatic nitrogens is 2. The first-order valence-corrected chi connectivity index (χ1v) is 5.64. The Morgan fingerprint density at radius 2 is 1.94 bits per heavy atom. The number of aryl methyl sites for hydroxylation is 1. The number of anilines is 1. The topological polar surface area (TPSA) is 62.3 Å². The van der Waals surface area contributed by atoms with Crippen molar-refractivity contribution in [3.63, 3.8) is 0 Å². The van der Waals surface area contributed by atoms with Crippen molar-refractivity contribution >= 4 is 5.95 Å². The number of rotatable bonds is 4. The molecular formula is C13H17N3O2. The molecule has 0 fully saturated rings. The molecule has 5 nitrogen and oxygen atoms in total. The van der Waals surface area contributed by atoms with Crippen LogP contribution in [0.2, 0.25) is 0 Å². The highest BCUT2D eigenvalue weighted by molar-refractivity contribution is 5.43. The average molecular weight is 247 g/mol. The van der Waals surface area contributed by atoms with Gasteiger partial charge in [-0.05, 0) is 24.6 Å². The molecule has 2 aromatic rings. The molecule has 18 heavy (non-hydrogen) atoms. The van der Waals surface area contributed by atoms with E-state index in [1.165, 1.54) is 0 Å². The number of benzene rings is 1. The second-order valence-corrected chi connectivity index (χ2v) is 4.03. The average Bonchev–Trinajstić information content (AvgIpc) is 2.70. The third-order valence-electron chi connectivity index (χ3n) is 2.87. The highest BCUT2D eigenvalue weighted by Crippen LogP contribution is 2.28. The molecule has 0 amide bonds. The molecule has 0 unspecified atom stereocenters. The number of hydrogen-bond donors (Lipinski definition) is 1. The largest absolute Gasteiger partial charge is 0.493 e. The third kappa shape index (κ3) is 2.25. The molecule has 1 aromatic heterocycles. The Bertz CT molecular complexity index is 530. The Hall–Kier alpha value is -2.17. The van der Waals surface area contributed by atoms with Crippen molar-refractivity contribution in [2.45, 2.75) is 13.5 Å². The minimum atomic E-state index is 0.516. The Labute approximate surface area is 106 Å². The molecule has 0 saturated heterocycles. The maximum atomic E-state index is 5.81. The van der Waals surface area contributed by atoms with Crippen molar-refractivity contribution in [3.05, 3.63) is 35.7 Å². The Morgan fingerprint density at radius 1 is 1.22 bits per heavy atom. The molecule has 0 bridgehead atoms. The first-order chi connectivity index (χ1) is 8.65. The smallest absolute Gasteiger partial charge is 0.200 e. The molecular weight excluding hydrogens is 230 g/mol. The van der Waals surface area contributed by atoms with Crippen LogP contribution < -0.4 is 15.2 Å². The Kier molecular flexibility index (Phi) is 3.41. The summed E-state index contributed by atoms with van der Waals surface area (Å²) >= 11 is 0. The van der Waals surface area contributed by atoms with Gasteiger partial charge in [-0.1, -0.05) is 6.07 Å². The van der Waals surface area contributed by atoms with Crippen LogP contribution in [0.25, 0.3) is 0 Å². The van der Waals surface area contributed by atoms with Gasteiger partial charge in [0.15, 0.2) is 11.5 Å². The zero-order valence-corrected chi connectivity index (χ0v) is 10.8. The van der Waals surface area contributed by atoms with Crippen LogP contribution in [0.4, 0.5) is 5.95 Å². The normalized spacial score (nSPS) is 10.4. The minimum absolute atomic E-state index is 0.516. The lowest BCUT2D eigenvalue weighted by Crippen LogP contribution is -2.06. The van der Waals surface area contributed by atoms with Crippen molar-refractivity contribution in [3.8, 4) is 11.5 Å². The van der Waals surface area contributed by atoms with E-state index in [4.69, 9.17) is 15.2 Å². The highest BCUT2D eigenvalue weighted by Gasteiger charge is 2.08. The van der Waals surface area contributed by atoms with Crippen molar-refractivity contribution in [2.24, 2.45) is 0 Å². The van der Waals surface area contributed by atoms with Crippen LogP contribution in [0.5, 0.6) is 11.5 Å². The first-order valence-electron chi connectivity index (χ1n) is 5.64. The van der Waals surface area contributed by atoms with Crippen molar-refractivity contribution in [1.29, 1.82) is 0 Å². The number of nitrogens with two attached hydrogens (primary N) is 1. The van der Waals surface area contributed by atoms with E-state index >= 15 is 0 Å². The molecule has 0 atom stereocenters. The van der Waals surface area contributed by atoms with Gasteiger partial charge in [0.25, 0.3) is 0 Å². The molecule has 5 heteroatoms. The Balaban J connectivity index is 2.30. The van der Waals surface area contributed by atoms with Crippen molar-refractivity contribution in [1.82, 2.24) is 9.55 Å². The quantitative estimate of drug-likeness (QED) is 0.895. The van der Waals surface area contributed by atoms with Gasteiger partial charge in [-0.2, -0.15) is 0 Å². The summed E-state index contributed by atoms with van der Waals surface area (Å²) in [7, 11) is 3.24. The van der Waals surface area contributed by atoms with Gasteiger partial charge in [-0.25, -0.2) is 4.98 Å². The van der Waals surface area contributed by atoms with Crippen LogP contribution in [-0.4, -0.2) is 23.8 Å². The second-order valence-electron chi connectivity index (χ2n) is 4.03. The zero-order chi connectivity index (χ0) is 13.1. The molecule has 96 valence electrons. The van der Waals surface area contributed by atoms with E-state index < -0.39 is 0 Å². The summed E-state index contributed by atoms with van der Waals surface area (Å²) in [6.07, 6.45) is 1.76. The Morgan fingerprint density at radius 3 is 2.50 bits per heavy atom. The van der Waals surface area contributed by atoms with Crippen molar-refractivity contribution in [2.75, 3.05) is 20.0 Å². The highest BCUT2D eigenvalue weighted by atomic mass is 16.5. The molecule has 0 spiro atoms. The molecule has 1 heterocycles. The van der Waals surface area contributed by atoms with E-state index in [-0.39, 0.29) is 0 Å². The lowest BCUT2D eigenvalue weighted by Gasteiger charge is -2.11. The molecule has 2 rings (SSSR count). The number of ether oxygens (including phenoxy) is 2. The first kappa shape index (κ1) is 12.3. The van der Waals surface area contributed by atoms with Crippen LogP contribution in [0.15, 0.2) is 24.4 Å². The second kappa shape index (κ2) is 5.00. The third-order valence-corrected chi connectivity index (χ3v) is 2.87. The van der Waals surface area contributed by atoms with Gasteiger partial charge >= 0.3 is 0 Å². The fourth-order valence-electron chi connectivity index (χ4n) is 1.85. The fraction of sp³-hybridized carbons (Fsp3) is 0.308. The number of hydrogen-bond acceptors (Lipinski definition) is 4. The number of nitrogen functional groups attached to an aromatic ring is 1. The maximum Gasteiger partial charge on any atom is 0.200 e. The summed E-state index contributed by atoms with van der Waals surface area (Å²) < 4.78 is 12.4. The van der Waals surface area contributed by atoms with E-state index in [0.717, 1.165) is 17.0 Å². The lowest BCUT2D eigenvalue weighted by molar-refractivity contribution is 0.354. The number of nitrogens with zero attached hydrogens (tertiary/aromatic N) is 2. The minimum Gasteiger partial charge on any atom is -0.493 e. The van der Waals surface area contributed by atoms with Gasteiger partial charge in [-0.3, -0.25) is 0 Å². The van der Waals surface area contributed by atoms with Crippen molar-refractivity contribution < 1.29 is 9.47 Å². The van der Waals surface area contributed by atoms with E-state index in [2.05, 4.69) is 4.98 Å². The summed E-state index contributed by atoms with van der Waals surface area (Å²) in [5, 5.41) is 0. The van der Waals surface area contributed by atoms with Gasteiger partial charge < -0.3 is 19.8 Å². The van der Waals surface area contributed by atoms with Crippen LogP contribution in [0.1, 0.15) is 11.3 Å². The van der Waals surface area contributed by atoms with Gasteiger partial charge in [0, 0.05) is 5.69 Å². The lowest BCUT2D eigenvalue weighted by atomic mass is 10.2. The summed E-state index contributed by atoms with van der Waals surface area (Å²) in [5.74, 6) is 1.95. The molecule has 0 aliphatic rings. The molecule has 2 N–H and O–H groups in total. The summed E-state index contributed by atoms with van der Waals surface area (Å²) in [6, 6.07) is 5.81. The monoisotopic (exact) mass is 247 g/mol. The molecule has 0 radical (unpaired) electrons. The predicted octanol–water partition coefficient (Wildman–Crippen LogP) is 1.84. The fourth-order valence-corrected chi connectivity index (χ4v) is 1.85. The molecule has 0 aliphatic carbocycles. The maximum absolute atomic E-state index is 5.81. The van der Waals surface area contributed by atoms with Crippen LogP contribution in [0.3, 0.4) is 0 Å². The van der Waals surface area contributed by atoms with E-state index in [1.54, 1.807) is 20.4 Å². The SMILES string of the molecule is COc1ccc(Cn2c(C)cnc2N)cc1OC. The van der Waals surface area contributed by atoms with Gasteiger partial charge in [0.05, 0.1) is 27.0 Å². The van der Waals surface area contributed by atoms with Crippen LogP contribution in [0, 0.1) is 6.92 Å². The summed E-state index contributed by atoms with van der Waals surface area (Å²) in [5.41, 5.74) is 7.93. The predicted molar refractivity (Wildman–Crippen MR) is 70.0 cm³/mol. The van der Waals surface area contributed by atoms with E-state index in [0.29, 0.717) is 18.2 Å². The molecule has 0 saturated carbocycles. The van der Waals surface area contributed by atoms with Gasteiger partial charge in [0.2, 0.25) is 5.95 Å². The van der Waals surface area contributed by atoms with Crippen LogP contribution in [-0.2, 0) is 6.54 Å². The number of imidazole rings is 1. The van der Waals surface area contributed by atoms with E-state index in [9.17, 15) is 0 Å². The zero-order valence-electron chi connectivity index (χ0n) is 10.8. The van der Waals surface area contributed by atoms with E-state index in [1.807, 2.05) is 29.7 Å². The summed E-state index contributed by atoms with van der Waals surface area (Å²) in [6.45, 7) is 2.64. The standard InChI is InChI=1S/C13H17N3O2/c1-9-7-15-13(14)16(9)8-10-4-5-11(17-2)12(6-10)18-3/h4-7H,8H2,1-3H3,(H2,14,15). The number of methoxy groups -OCH3 is 2. The summed E-state index contributed by atoms with van der Waals surface area (Å²) in [4.78, 5) is 4.07. The molecule has 0 aliphatic heterocycles. The molecule has 1 aromatic carbocycles. The van der Waals surface area contributed by atoms with Gasteiger partial charge in [0.1, 0.15) is 0 Å². The van der Waals surface area contributed by atoms with Crippen LogP contribution >= 0.6 is 0 Å². The van der Waals surface area contributed by atoms with Gasteiger partial charge in [-0.15, -0.1) is 0 Å².